The van der Waals surface area contributed by atoms with Crippen LogP contribution in [0.4, 0.5) is 8.78 Å². The molecule has 0 spiro atoms. The van der Waals surface area contributed by atoms with Gasteiger partial charge in [0, 0.05) is 23.2 Å². The molecule has 0 unspecified atom stereocenters. The van der Waals surface area contributed by atoms with Crippen LogP contribution in [0.5, 0.6) is 0 Å². The van der Waals surface area contributed by atoms with Crippen LogP contribution < -0.4 is 0 Å². The number of nitriles is 1. The van der Waals surface area contributed by atoms with Gasteiger partial charge in [0.2, 0.25) is 0 Å². The fourth-order valence-electron chi connectivity index (χ4n) is 4.46. The van der Waals surface area contributed by atoms with Gasteiger partial charge in [0.25, 0.3) is 0 Å². The number of aromatic nitrogens is 1. The number of likely N-dealkylation sites (tertiary alicyclic amines) is 1. The Bertz CT molecular complexity index is 1030. The first-order chi connectivity index (χ1) is 14.1. The Hall–Kier alpha value is -2.71. The molecule has 1 aliphatic rings. The summed E-state index contributed by atoms with van der Waals surface area (Å²) in [6.07, 6.45) is 6.55. The van der Waals surface area contributed by atoms with E-state index >= 15 is 0 Å². The number of hydrogen-bond donors (Lipinski definition) is 1. The highest BCUT2D eigenvalue weighted by atomic mass is 19.1. The van der Waals surface area contributed by atoms with E-state index in [-0.39, 0.29) is 0 Å². The summed E-state index contributed by atoms with van der Waals surface area (Å²) in [5, 5.41) is 10.4. The number of aryl methyl sites for hydroxylation is 1. The predicted octanol–water partition coefficient (Wildman–Crippen LogP) is 5.21. The molecule has 0 atom stereocenters. The highest BCUT2D eigenvalue weighted by Crippen LogP contribution is 2.25. The number of benzene rings is 2. The number of nitrogens with one attached hydrogen (secondary N) is 1. The van der Waals surface area contributed by atoms with Crippen LogP contribution in [0.25, 0.3) is 10.9 Å². The smallest absolute Gasteiger partial charge is 0.129 e. The van der Waals surface area contributed by atoms with Gasteiger partial charge in [-0.1, -0.05) is 18.2 Å². The Morgan fingerprint density at radius 2 is 1.93 bits per heavy atom. The second kappa shape index (κ2) is 8.75. The molecule has 1 aliphatic heterocycles. The third-order valence-electron chi connectivity index (χ3n) is 6.06. The average Bonchev–Trinajstić information content (AvgIpc) is 3.15. The minimum atomic E-state index is -0.515. The summed E-state index contributed by atoms with van der Waals surface area (Å²) < 4.78 is 26.9. The molecule has 1 saturated heterocycles. The average molecular weight is 393 g/mol. The molecule has 2 aromatic carbocycles. The maximum absolute atomic E-state index is 13.9. The van der Waals surface area contributed by atoms with Gasteiger partial charge in [-0.05, 0) is 80.9 Å². The summed E-state index contributed by atoms with van der Waals surface area (Å²) in [5.41, 5.74) is 3.58. The molecule has 1 aromatic heterocycles. The SMILES string of the molecule is N#Cc1c[nH]c2cccc(CCCN3CCC(Cc4ccc(F)cc4F)CC3)c12. The molecule has 0 bridgehead atoms. The van der Waals surface area contributed by atoms with Gasteiger partial charge in [-0.2, -0.15) is 5.26 Å². The minimum absolute atomic E-state index is 0.428. The molecular weight excluding hydrogens is 368 g/mol. The zero-order valence-electron chi connectivity index (χ0n) is 16.4. The van der Waals surface area contributed by atoms with E-state index in [1.807, 2.05) is 12.1 Å². The van der Waals surface area contributed by atoms with Crippen LogP contribution in [-0.4, -0.2) is 29.5 Å². The van der Waals surface area contributed by atoms with Crippen LogP contribution in [0.1, 0.15) is 36.0 Å². The summed E-state index contributed by atoms with van der Waals surface area (Å²) in [4.78, 5) is 5.64. The Labute approximate surface area is 170 Å². The van der Waals surface area contributed by atoms with Crippen molar-refractivity contribution in [3.63, 3.8) is 0 Å². The van der Waals surface area contributed by atoms with E-state index in [1.165, 1.54) is 11.6 Å². The summed E-state index contributed by atoms with van der Waals surface area (Å²) in [5.74, 6) is -0.487. The van der Waals surface area contributed by atoms with Gasteiger partial charge in [0.05, 0.1) is 5.56 Å². The Balaban J connectivity index is 1.27. The first kappa shape index (κ1) is 19.6. The summed E-state index contributed by atoms with van der Waals surface area (Å²) in [6.45, 7) is 3.07. The van der Waals surface area contributed by atoms with Crippen LogP contribution in [0.15, 0.2) is 42.6 Å². The summed E-state index contributed by atoms with van der Waals surface area (Å²) in [7, 11) is 0. The number of nitrogens with zero attached hydrogens (tertiary/aromatic N) is 2. The van der Waals surface area contributed by atoms with E-state index in [1.54, 1.807) is 12.3 Å². The van der Waals surface area contributed by atoms with Gasteiger partial charge in [-0.25, -0.2) is 8.78 Å². The third-order valence-corrected chi connectivity index (χ3v) is 6.06. The van der Waals surface area contributed by atoms with Gasteiger partial charge >= 0.3 is 0 Å². The molecule has 5 heteroatoms. The van der Waals surface area contributed by atoms with Gasteiger partial charge in [0.1, 0.15) is 17.7 Å². The molecule has 4 rings (SSSR count). The Morgan fingerprint density at radius 3 is 2.69 bits per heavy atom. The van der Waals surface area contributed by atoms with Gasteiger partial charge in [-0.3, -0.25) is 0 Å². The number of piperidine rings is 1. The van der Waals surface area contributed by atoms with Crippen molar-refractivity contribution in [2.75, 3.05) is 19.6 Å². The van der Waals surface area contributed by atoms with Gasteiger partial charge in [0.15, 0.2) is 0 Å². The van der Waals surface area contributed by atoms with Gasteiger partial charge < -0.3 is 9.88 Å². The van der Waals surface area contributed by atoms with Crippen molar-refractivity contribution in [3.8, 4) is 6.07 Å². The number of halogens is 2. The van der Waals surface area contributed by atoms with Crippen molar-refractivity contribution < 1.29 is 8.78 Å². The molecule has 3 nitrogen and oxygen atoms in total. The molecule has 0 radical (unpaired) electrons. The topological polar surface area (TPSA) is 42.8 Å². The van der Waals surface area contributed by atoms with E-state index in [0.717, 1.165) is 62.3 Å². The fraction of sp³-hybridized carbons (Fsp3) is 0.375. The lowest BCUT2D eigenvalue weighted by molar-refractivity contribution is 0.182. The van der Waals surface area contributed by atoms with Crippen molar-refractivity contribution in [3.05, 3.63) is 70.9 Å². The van der Waals surface area contributed by atoms with Crippen LogP contribution in [0, 0.1) is 28.9 Å². The monoisotopic (exact) mass is 393 g/mol. The van der Waals surface area contributed by atoms with E-state index in [0.29, 0.717) is 23.5 Å². The lowest BCUT2D eigenvalue weighted by Gasteiger charge is -2.32. The van der Waals surface area contributed by atoms with E-state index in [4.69, 9.17) is 0 Å². The van der Waals surface area contributed by atoms with E-state index < -0.39 is 11.6 Å². The molecule has 3 aromatic rings. The maximum atomic E-state index is 13.9. The lowest BCUT2D eigenvalue weighted by Crippen LogP contribution is -2.35. The Morgan fingerprint density at radius 1 is 1.10 bits per heavy atom. The molecule has 0 aliphatic carbocycles. The highest BCUT2D eigenvalue weighted by molar-refractivity contribution is 5.88. The minimum Gasteiger partial charge on any atom is -0.360 e. The van der Waals surface area contributed by atoms with Crippen LogP contribution in [0.2, 0.25) is 0 Å². The summed E-state index contributed by atoms with van der Waals surface area (Å²) >= 11 is 0. The zero-order chi connectivity index (χ0) is 20.2. The summed E-state index contributed by atoms with van der Waals surface area (Å²) in [6, 6.07) is 12.3. The second-order valence-corrected chi connectivity index (χ2v) is 7.98. The molecule has 1 N–H and O–H groups in total. The molecule has 29 heavy (non-hydrogen) atoms. The third kappa shape index (κ3) is 4.49. The quantitative estimate of drug-likeness (QED) is 0.625. The van der Waals surface area contributed by atoms with Crippen molar-refractivity contribution in [1.29, 1.82) is 5.26 Å². The van der Waals surface area contributed by atoms with Crippen LogP contribution in [0.3, 0.4) is 0 Å². The number of fused-ring (bicyclic) bond motifs is 1. The van der Waals surface area contributed by atoms with E-state index in [2.05, 4.69) is 22.0 Å². The second-order valence-electron chi connectivity index (χ2n) is 7.98. The lowest BCUT2D eigenvalue weighted by atomic mass is 9.90. The number of hydrogen-bond acceptors (Lipinski definition) is 2. The number of rotatable bonds is 6. The van der Waals surface area contributed by atoms with Crippen molar-refractivity contribution in [1.82, 2.24) is 9.88 Å². The number of H-pyrrole nitrogens is 1. The van der Waals surface area contributed by atoms with Crippen molar-refractivity contribution in [2.24, 2.45) is 5.92 Å². The van der Waals surface area contributed by atoms with Gasteiger partial charge in [-0.15, -0.1) is 0 Å². The molecule has 0 amide bonds. The molecule has 150 valence electrons. The van der Waals surface area contributed by atoms with E-state index in [9.17, 15) is 14.0 Å². The molecular formula is C24H25F2N3. The van der Waals surface area contributed by atoms with Crippen LogP contribution >= 0.6 is 0 Å². The van der Waals surface area contributed by atoms with Crippen molar-refractivity contribution in [2.45, 2.75) is 32.1 Å². The first-order valence-corrected chi connectivity index (χ1v) is 10.3. The normalized spacial score (nSPS) is 15.6. The standard InChI is InChI=1S/C24H25F2N3/c25-21-7-6-19(22(26)14-21)13-17-8-11-29(12-9-17)10-2-4-18-3-1-5-23-24(18)20(15-27)16-28-23/h1,3,5-7,14,16-17,28H,2,4,8-13H2. The molecule has 2 heterocycles. The maximum Gasteiger partial charge on any atom is 0.129 e. The van der Waals surface area contributed by atoms with Crippen molar-refractivity contribution >= 4 is 10.9 Å². The predicted molar refractivity (Wildman–Crippen MR) is 111 cm³/mol. The number of aromatic amines is 1. The van der Waals surface area contributed by atoms with Crippen LogP contribution in [-0.2, 0) is 12.8 Å². The fourth-order valence-corrected chi connectivity index (χ4v) is 4.46. The first-order valence-electron chi connectivity index (χ1n) is 10.3. The molecule has 0 saturated carbocycles. The largest absolute Gasteiger partial charge is 0.360 e. The Kier molecular flexibility index (Phi) is 5.92. The molecule has 1 fully saturated rings. The highest BCUT2D eigenvalue weighted by Gasteiger charge is 2.20. The zero-order valence-corrected chi connectivity index (χ0v) is 16.4.